The van der Waals surface area contributed by atoms with Crippen LogP contribution >= 0.6 is 11.8 Å². The van der Waals surface area contributed by atoms with E-state index in [0.717, 1.165) is 16.8 Å². The zero-order valence-electron chi connectivity index (χ0n) is 18.4. The molecule has 0 bridgehead atoms. The van der Waals surface area contributed by atoms with Gasteiger partial charge in [0.25, 0.3) is 11.8 Å². The number of carbonyl (C=O) groups is 2. The lowest BCUT2D eigenvalue weighted by Crippen LogP contribution is -2.50. The Hall–Kier alpha value is -3.32. The maximum Gasteiger partial charge on any atom is 0.268 e. The Morgan fingerprint density at radius 3 is 2.61 bits per heavy atom. The largest absolute Gasteiger partial charge is 0.497 e. The van der Waals surface area contributed by atoms with E-state index in [-0.39, 0.29) is 11.5 Å². The molecule has 2 aliphatic heterocycles. The molecule has 0 N–H and O–H groups in total. The number of nitrogens with zero attached hydrogens (tertiary/aromatic N) is 2. The minimum atomic E-state index is -1.26. The van der Waals surface area contributed by atoms with Crippen molar-refractivity contribution in [2.24, 2.45) is 0 Å². The van der Waals surface area contributed by atoms with Gasteiger partial charge in [0.2, 0.25) is 0 Å². The summed E-state index contributed by atoms with van der Waals surface area (Å²) in [7, 11) is 1.57. The Morgan fingerprint density at radius 2 is 1.88 bits per heavy atom. The Labute approximate surface area is 196 Å². The summed E-state index contributed by atoms with van der Waals surface area (Å²) in [6.45, 7) is 2.74. The van der Waals surface area contributed by atoms with E-state index >= 15 is 0 Å². The number of ether oxygens (including phenoxy) is 1. The first-order valence-electron chi connectivity index (χ1n) is 10.7. The third-order valence-corrected chi connectivity index (χ3v) is 7.63. The Balaban J connectivity index is 1.62. The van der Waals surface area contributed by atoms with Crippen LogP contribution in [0.1, 0.15) is 27.0 Å². The van der Waals surface area contributed by atoms with Crippen LogP contribution in [0.15, 0.2) is 66.7 Å². The van der Waals surface area contributed by atoms with Gasteiger partial charge in [-0.1, -0.05) is 42.0 Å². The Bertz CT molecular complexity index is 1250. The van der Waals surface area contributed by atoms with E-state index < -0.39 is 16.6 Å². The summed E-state index contributed by atoms with van der Waals surface area (Å²) in [6.07, 6.45) is 0. The molecule has 1 fully saturated rings. The third-order valence-electron chi connectivity index (χ3n) is 6.21. The zero-order chi connectivity index (χ0) is 23.2. The summed E-state index contributed by atoms with van der Waals surface area (Å²) >= 11 is 1.41. The standard InChI is InChI=1S/C26H23FN2O3S/c1-17-7-9-18(10-8-17)16-28-23-12-11-19(32-2)15-21(23)26(25(28)31)29(13-14-33-26)24(30)20-5-3-4-6-22(20)27/h3-12,15H,13-14,16H2,1-2H3. The normalized spacial score (nSPS) is 19.3. The molecule has 0 aliphatic carbocycles. The molecular weight excluding hydrogens is 439 g/mol. The fourth-order valence-corrected chi connectivity index (χ4v) is 5.99. The van der Waals surface area contributed by atoms with Crippen LogP contribution in [-0.2, 0) is 16.2 Å². The molecule has 3 aromatic carbocycles. The van der Waals surface area contributed by atoms with Gasteiger partial charge in [0.1, 0.15) is 11.6 Å². The van der Waals surface area contributed by atoms with Gasteiger partial charge in [0.05, 0.1) is 24.9 Å². The minimum absolute atomic E-state index is 0.0337. The number of anilines is 1. The number of benzene rings is 3. The predicted octanol–water partition coefficient (Wildman–Crippen LogP) is 4.73. The lowest BCUT2D eigenvalue weighted by molar-refractivity contribution is -0.123. The number of hydrogen-bond donors (Lipinski definition) is 0. The molecule has 2 heterocycles. The molecule has 33 heavy (non-hydrogen) atoms. The van der Waals surface area contributed by atoms with Gasteiger partial charge in [-0.05, 0) is 42.8 Å². The van der Waals surface area contributed by atoms with Crippen molar-refractivity contribution in [2.75, 3.05) is 24.3 Å². The van der Waals surface area contributed by atoms with Crippen LogP contribution in [0, 0.1) is 12.7 Å². The molecule has 1 atom stereocenters. The molecule has 2 amide bonds. The van der Waals surface area contributed by atoms with E-state index in [4.69, 9.17) is 4.74 Å². The van der Waals surface area contributed by atoms with Crippen molar-refractivity contribution >= 4 is 29.3 Å². The maximum absolute atomic E-state index is 14.5. The zero-order valence-corrected chi connectivity index (χ0v) is 19.2. The number of aryl methyl sites for hydroxylation is 1. The molecule has 0 aromatic heterocycles. The van der Waals surface area contributed by atoms with Gasteiger partial charge in [-0.25, -0.2) is 4.39 Å². The maximum atomic E-state index is 14.5. The van der Waals surface area contributed by atoms with Crippen molar-refractivity contribution in [1.29, 1.82) is 0 Å². The molecule has 7 heteroatoms. The minimum Gasteiger partial charge on any atom is -0.497 e. The van der Waals surface area contributed by atoms with Gasteiger partial charge in [0.15, 0.2) is 4.87 Å². The number of halogens is 1. The quantitative estimate of drug-likeness (QED) is 0.563. The van der Waals surface area contributed by atoms with Crippen LogP contribution in [0.3, 0.4) is 0 Å². The molecule has 2 aliphatic rings. The van der Waals surface area contributed by atoms with E-state index in [1.54, 1.807) is 24.1 Å². The average Bonchev–Trinajstić information content (AvgIpc) is 3.37. The van der Waals surface area contributed by atoms with Crippen molar-refractivity contribution in [2.45, 2.75) is 18.3 Å². The molecule has 5 nitrogen and oxygen atoms in total. The van der Waals surface area contributed by atoms with E-state index in [9.17, 15) is 14.0 Å². The molecule has 0 radical (unpaired) electrons. The lowest BCUT2D eigenvalue weighted by Gasteiger charge is -2.33. The van der Waals surface area contributed by atoms with Gasteiger partial charge in [-0.2, -0.15) is 0 Å². The molecule has 5 rings (SSSR count). The second kappa shape index (κ2) is 8.23. The van der Waals surface area contributed by atoms with Crippen LogP contribution in [0.2, 0.25) is 0 Å². The number of carbonyl (C=O) groups excluding carboxylic acids is 2. The molecule has 1 spiro atoms. The summed E-state index contributed by atoms with van der Waals surface area (Å²) in [5.41, 5.74) is 3.53. The number of hydrogen-bond acceptors (Lipinski definition) is 4. The van der Waals surface area contributed by atoms with Crippen LogP contribution in [-0.4, -0.2) is 36.1 Å². The van der Waals surface area contributed by atoms with Crippen LogP contribution in [0.4, 0.5) is 10.1 Å². The Kier molecular flexibility index (Phi) is 5.37. The van der Waals surface area contributed by atoms with Crippen molar-refractivity contribution in [3.63, 3.8) is 0 Å². The predicted molar refractivity (Wildman–Crippen MR) is 127 cm³/mol. The number of rotatable bonds is 4. The van der Waals surface area contributed by atoms with Gasteiger partial charge in [0, 0.05) is 17.9 Å². The highest BCUT2D eigenvalue weighted by Gasteiger charge is 2.59. The first kappa shape index (κ1) is 21.5. The van der Waals surface area contributed by atoms with Crippen LogP contribution in [0.5, 0.6) is 5.75 Å². The highest BCUT2D eigenvalue weighted by Crippen LogP contribution is 2.55. The van der Waals surface area contributed by atoms with Gasteiger partial charge in [-0.15, -0.1) is 11.8 Å². The first-order chi connectivity index (χ1) is 16.0. The van der Waals surface area contributed by atoms with Gasteiger partial charge in [-0.3, -0.25) is 9.59 Å². The topological polar surface area (TPSA) is 49.9 Å². The summed E-state index contributed by atoms with van der Waals surface area (Å²) in [5.74, 6) is -0.108. The second-order valence-electron chi connectivity index (χ2n) is 8.19. The van der Waals surface area contributed by atoms with E-state index in [2.05, 4.69) is 0 Å². The first-order valence-corrected chi connectivity index (χ1v) is 11.7. The smallest absolute Gasteiger partial charge is 0.268 e. The van der Waals surface area contributed by atoms with Crippen molar-refractivity contribution in [1.82, 2.24) is 4.90 Å². The summed E-state index contributed by atoms with van der Waals surface area (Å²) in [6, 6.07) is 19.4. The number of fused-ring (bicyclic) bond motifs is 2. The molecule has 1 saturated heterocycles. The highest BCUT2D eigenvalue weighted by atomic mass is 32.2. The van der Waals surface area contributed by atoms with Crippen molar-refractivity contribution in [3.8, 4) is 5.75 Å². The lowest BCUT2D eigenvalue weighted by atomic mass is 10.0. The molecule has 0 saturated carbocycles. The molecule has 3 aromatic rings. The fraction of sp³-hybridized carbons (Fsp3) is 0.231. The number of thioether (sulfide) groups is 1. The van der Waals surface area contributed by atoms with Crippen molar-refractivity contribution in [3.05, 3.63) is 94.8 Å². The molecule has 1 unspecified atom stereocenters. The van der Waals surface area contributed by atoms with E-state index in [0.29, 0.717) is 30.2 Å². The Morgan fingerprint density at radius 1 is 1.12 bits per heavy atom. The number of methoxy groups -OCH3 is 1. The van der Waals surface area contributed by atoms with E-state index in [1.165, 1.54) is 28.8 Å². The summed E-state index contributed by atoms with van der Waals surface area (Å²) < 4.78 is 19.9. The van der Waals surface area contributed by atoms with Crippen LogP contribution < -0.4 is 9.64 Å². The molecular formula is C26H23FN2O3S. The van der Waals surface area contributed by atoms with E-state index in [1.807, 2.05) is 49.4 Å². The summed E-state index contributed by atoms with van der Waals surface area (Å²) in [4.78, 5) is 29.6. The average molecular weight is 463 g/mol. The van der Waals surface area contributed by atoms with Crippen LogP contribution in [0.25, 0.3) is 0 Å². The SMILES string of the molecule is COc1ccc2c(c1)C1(SCCN1C(=O)c1ccccc1F)C(=O)N2Cc1ccc(C)cc1. The highest BCUT2D eigenvalue weighted by molar-refractivity contribution is 8.01. The number of amides is 2. The van der Waals surface area contributed by atoms with Gasteiger partial charge < -0.3 is 14.5 Å². The fourth-order valence-electron chi connectivity index (χ4n) is 4.53. The second-order valence-corrected chi connectivity index (χ2v) is 9.48. The van der Waals surface area contributed by atoms with Crippen molar-refractivity contribution < 1.29 is 18.7 Å². The van der Waals surface area contributed by atoms with Gasteiger partial charge >= 0.3 is 0 Å². The monoisotopic (exact) mass is 462 g/mol. The summed E-state index contributed by atoms with van der Waals surface area (Å²) in [5, 5.41) is 0. The molecule has 168 valence electrons. The third kappa shape index (κ3) is 3.38.